The van der Waals surface area contributed by atoms with Crippen molar-refractivity contribution in [2.75, 3.05) is 17.7 Å². The SMILES string of the molecule is CCc1ccccc1N(C)C(=O)c1cccc2c1SCCC2=O. The summed E-state index contributed by atoms with van der Waals surface area (Å²) in [7, 11) is 1.80. The van der Waals surface area contributed by atoms with Gasteiger partial charge in [-0.05, 0) is 24.1 Å². The highest BCUT2D eigenvalue weighted by Gasteiger charge is 2.25. The first-order chi connectivity index (χ1) is 11.1. The number of amides is 1. The van der Waals surface area contributed by atoms with Crippen molar-refractivity contribution in [3.8, 4) is 0 Å². The van der Waals surface area contributed by atoms with E-state index < -0.39 is 0 Å². The number of anilines is 1. The fourth-order valence-electron chi connectivity index (χ4n) is 2.89. The van der Waals surface area contributed by atoms with E-state index in [2.05, 4.69) is 6.92 Å². The Hall–Kier alpha value is -2.07. The molecule has 23 heavy (non-hydrogen) atoms. The molecule has 4 heteroatoms. The van der Waals surface area contributed by atoms with Gasteiger partial charge in [-0.15, -0.1) is 11.8 Å². The Morgan fingerprint density at radius 3 is 2.74 bits per heavy atom. The van der Waals surface area contributed by atoms with Crippen LogP contribution in [0.4, 0.5) is 5.69 Å². The van der Waals surface area contributed by atoms with E-state index in [0.29, 0.717) is 17.5 Å². The minimum absolute atomic E-state index is 0.0649. The van der Waals surface area contributed by atoms with Crippen LogP contribution in [0.2, 0.25) is 0 Å². The molecular formula is C19H19NO2S. The van der Waals surface area contributed by atoms with E-state index >= 15 is 0 Å². The van der Waals surface area contributed by atoms with Crippen LogP contribution >= 0.6 is 11.8 Å². The molecule has 0 saturated heterocycles. The monoisotopic (exact) mass is 325 g/mol. The maximum atomic E-state index is 13.0. The number of ketones is 1. The average Bonchev–Trinajstić information content (AvgIpc) is 2.60. The van der Waals surface area contributed by atoms with Gasteiger partial charge in [-0.3, -0.25) is 9.59 Å². The third-order valence-electron chi connectivity index (χ3n) is 4.16. The molecule has 0 fully saturated rings. The number of Topliss-reactive ketones (excluding diaryl/α,β-unsaturated/α-hetero) is 1. The molecule has 0 aliphatic carbocycles. The molecule has 0 atom stereocenters. The van der Waals surface area contributed by atoms with Crippen molar-refractivity contribution in [3.63, 3.8) is 0 Å². The van der Waals surface area contributed by atoms with Crippen molar-refractivity contribution in [2.24, 2.45) is 0 Å². The number of aryl methyl sites for hydroxylation is 1. The molecule has 0 N–H and O–H groups in total. The van der Waals surface area contributed by atoms with Crippen molar-refractivity contribution in [1.29, 1.82) is 0 Å². The van der Waals surface area contributed by atoms with Crippen LogP contribution in [0.15, 0.2) is 47.4 Å². The zero-order chi connectivity index (χ0) is 16.4. The van der Waals surface area contributed by atoms with Crippen LogP contribution in [-0.2, 0) is 6.42 Å². The summed E-state index contributed by atoms with van der Waals surface area (Å²) in [5.74, 6) is 0.806. The fraction of sp³-hybridized carbons (Fsp3) is 0.263. The van der Waals surface area contributed by atoms with Gasteiger partial charge in [0.05, 0.1) is 5.56 Å². The molecule has 2 aromatic carbocycles. The molecule has 3 nitrogen and oxygen atoms in total. The number of para-hydroxylation sites is 1. The van der Waals surface area contributed by atoms with Gasteiger partial charge in [-0.2, -0.15) is 0 Å². The molecule has 0 spiro atoms. The van der Waals surface area contributed by atoms with Gasteiger partial charge in [-0.1, -0.05) is 37.3 Å². The number of thioether (sulfide) groups is 1. The number of rotatable bonds is 3. The Labute approximate surface area is 140 Å². The number of nitrogens with zero attached hydrogens (tertiary/aromatic N) is 1. The second-order valence-corrected chi connectivity index (χ2v) is 6.66. The summed E-state index contributed by atoms with van der Waals surface area (Å²) in [4.78, 5) is 27.6. The van der Waals surface area contributed by atoms with Crippen LogP contribution in [-0.4, -0.2) is 24.5 Å². The van der Waals surface area contributed by atoms with E-state index in [9.17, 15) is 9.59 Å². The minimum atomic E-state index is -0.0649. The first-order valence-electron chi connectivity index (χ1n) is 7.78. The third-order valence-corrected chi connectivity index (χ3v) is 5.30. The summed E-state index contributed by atoms with van der Waals surface area (Å²) in [6.07, 6.45) is 1.41. The molecule has 1 heterocycles. The standard InChI is InChI=1S/C19H19NO2S/c1-3-13-7-4-5-10-16(13)20(2)19(22)15-9-6-8-14-17(21)11-12-23-18(14)15/h4-10H,3,11-12H2,1-2H3. The molecule has 3 rings (SSSR count). The quantitative estimate of drug-likeness (QED) is 0.848. The van der Waals surface area contributed by atoms with Crippen molar-refractivity contribution in [1.82, 2.24) is 0 Å². The molecule has 2 aromatic rings. The molecule has 1 aliphatic heterocycles. The Morgan fingerprint density at radius 2 is 1.96 bits per heavy atom. The predicted molar refractivity (Wildman–Crippen MR) is 94.7 cm³/mol. The van der Waals surface area contributed by atoms with Crippen LogP contribution in [0.1, 0.15) is 39.6 Å². The molecule has 0 aromatic heterocycles. The van der Waals surface area contributed by atoms with Crippen LogP contribution in [0.3, 0.4) is 0 Å². The Balaban J connectivity index is 2.01. The van der Waals surface area contributed by atoms with E-state index in [1.165, 1.54) is 0 Å². The molecular weight excluding hydrogens is 306 g/mol. The van der Waals surface area contributed by atoms with E-state index in [1.807, 2.05) is 36.4 Å². The van der Waals surface area contributed by atoms with E-state index in [0.717, 1.165) is 28.3 Å². The molecule has 0 saturated carbocycles. The van der Waals surface area contributed by atoms with Gasteiger partial charge in [0.1, 0.15) is 0 Å². The molecule has 1 amide bonds. The van der Waals surface area contributed by atoms with E-state index in [1.54, 1.807) is 29.8 Å². The van der Waals surface area contributed by atoms with E-state index in [4.69, 9.17) is 0 Å². The second-order valence-electron chi connectivity index (χ2n) is 5.55. The van der Waals surface area contributed by atoms with Gasteiger partial charge in [0.15, 0.2) is 5.78 Å². The lowest BCUT2D eigenvalue weighted by Gasteiger charge is -2.23. The van der Waals surface area contributed by atoms with Crippen LogP contribution in [0, 0.1) is 0 Å². The zero-order valence-electron chi connectivity index (χ0n) is 13.3. The van der Waals surface area contributed by atoms with Crippen molar-refractivity contribution in [2.45, 2.75) is 24.7 Å². The number of carbonyl (C=O) groups excluding carboxylic acids is 2. The van der Waals surface area contributed by atoms with Crippen LogP contribution in [0.5, 0.6) is 0 Å². The second kappa shape index (κ2) is 6.59. The first-order valence-corrected chi connectivity index (χ1v) is 8.77. The van der Waals surface area contributed by atoms with Crippen molar-refractivity contribution < 1.29 is 9.59 Å². The maximum Gasteiger partial charge on any atom is 0.259 e. The van der Waals surface area contributed by atoms with Gasteiger partial charge in [0.2, 0.25) is 0 Å². The number of benzene rings is 2. The lowest BCUT2D eigenvalue weighted by molar-refractivity contribution is 0.0983. The summed E-state index contributed by atoms with van der Waals surface area (Å²) in [5.41, 5.74) is 3.36. The number of hydrogen-bond donors (Lipinski definition) is 0. The minimum Gasteiger partial charge on any atom is -0.311 e. The highest BCUT2D eigenvalue weighted by atomic mass is 32.2. The lowest BCUT2D eigenvalue weighted by atomic mass is 10.0. The Kier molecular flexibility index (Phi) is 4.53. The molecule has 1 aliphatic rings. The normalized spacial score (nSPS) is 13.6. The third kappa shape index (κ3) is 2.91. The topological polar surface area (TPSA) is 37.4 Å². The Morgan fingerprint density at radius 1 is 1.17 bits per heavy atom. The number of carbonyl (C=O) groups is 2. The highest BCUT2D eigenvalue weighted by molar-refractivity contribution is 7.99. The van der Waals surface area contributed by atoms with Gasteiger partial charge in [0, 0.05) is 35.4 Å². The van der Waals surface area contributed by atoms with Gasteiger partial charge >= 0.3 is 0 Å². The zero-order valence-corrected chi connectivity index (χ0v) is 14.2. The molecule has 0 radical (unpaired) electrons. The maximum absolute atomic E-state index is 13.0. The van der Waals surface area contributed by atoms with E-state index in [-0.39, 0.29) is 11.7 Å². The smallest absolute Gasteiger partial charge is 0.259 e. The van der Waals surface area contributed by atoms with Crippen LogP contribution < -0.4 is 4.90 Å². The molecule has 0 unspecified atom stereocenters. The Bertz CT molecular complexity index is 770. The molecule has 118 valence electrons. The number of hydrogen-bond acceptors (Lipinski definition) is 3. The number of fused-ring (bicyclic) bond motifs is 1. The average molecular weight is 325 g/mol. The fourth-order valence-corrected chi connectivity index (χ4v) is 4.03. The highest BCUT2D eigenvalue weighted by Crippen LogP contribution is 2.34. The molecule has 0 bridgehead atoms. The van der Waals surface area contributed by atoms with Crippen molar-refractivity contribution in [3.05, 3.63) is 59.2 Å². The first kappa shape index (κ1) is 15.8. The summed E-state index contributed by atoms with van der Waals surface area (Å²) < 4.78 is 0. The summed E-state index contributed by atoms with van der Waals surface area (Å²) in [5, 5.41) is 0. The van der Waals surface area contributed by atoms with Crippen molar-refractivity contribution >= 4 is 29.1 Å². The summed E-state index contributed by atoms with van der Waals surface area (Å²) >= 11 is 1.60. The largest absolute Gasteiger partial charge is 0.311 e. The van der Waals surface area contributed by atoms with Gasteiger partial charge in [-0.25, -0.2) is 0 Å². The van der Waals surface area contributed by atoms with Gasteiger partial charge in [0.25, 0.3) is 5.91 Å². The van der Waals surface area contributed by atoms with Crippen LogP contribution in [0.25, 0.3) is 0 Å². The predicted octanol–water partition coefficient (Wildman–Crippen LogP) is 4.20. The lowest BCUT2D eigenvalue weighted by Crippen LogP contribution is -2.28. The van der Waals surface area contributed by atoms with Gasteiger partial charge < -0.3 is 4.90 Å². The summed E-state index contributed by atoms with van der Waals surface area (Å²) in [6, 6.07) is 13.4. The summed E-state index contributed by atoms with van der Waals surface area (Å²) in [6.45, 7) is 2.08.